The number of H-pyrrole nitrogens is 1. The van der Waals surface area contributed by atoms with Crippen LogP contribution >= 0.6 is 11.3 Å². The number of rotatable bonds is 6. The van der Waals surface area contributed by atoms with Gasteiger partial charge in [0.1, 0.15) is 0 Å². The summed E-state index contributed by atoms with van der Waals surface area (Å²) in [6, 6.07) is 0. The van der Waals surface area contributed by atoms with Gasteiger partial charge in [0.05, 0.1) is 22.1 Å². The normalized spacial score (nSPS) is 10.7. The summed E-state index contributed by atoms with van der Waals surface area (Å²) in [6.07, 6.45) is 2.46. The highest BCUT2D eigenvalue weighted by Crippen LogP contribution is 2.15. The summed E-state index contributed by atoms with van der Waals surface area (Å²) in [4.78, 5) is 16.3. The predicted octanol–water partition coefficient (Wildman–Crippen LogP) is 1.68. The van der Waals surface area contributed by atoms with Crippen molar-refractivity contribution in [1.82, 2.24) is 20.5 Å². The largest absolute Gasteiger partial charge is 0.395 e. The Bertz CT molecular complexity index is 589. The number of carbonyl (C=O) groups is 1. The Morgan fingerprint density at radius 1 is 1.50 bits per heavy atom. The van der Waals surface area contributed by atoms with Gasteiger partial charge in [-0.05, 0) is 13.3 Å². The fourth-order valence-corrected chi connectivity index (χ4v) is 2.56. The molecule has 0 atom stereocenters. The summed E-state index contributed by atoms with van der Waals surface area (Å²) in [7, 11) is 0. The number of aromatic nitrogens is 3. The molecule has 0 unspecified atom stereocenters. The molecule has 20 heavy (non-hydrogen) atoms. The number of thiazole rings is 1. The third-order valence-electron chi connectivity index (χ3n) is 2.93. The third kappa shape index (κ3) is 3.36. The molecule has 0 radical (unpaired) electrons. The number of nitrogens with two attached hydrogens (primary N) is 1. The predicted molar refractivity (Wildman–Crippen MR) is 79.9 cm³/mol. The van der Waals surface area contributed by atoms with Gasteiger partial charge in [-0.3, -0.25) is 9.89 Å². The van der Waals surface area contributed by atoms with Gasteiger partial charge in [0, 0.05) is 18.3 Å². The maximum absolute atomic E-state index is 12.0. The maximum atomic E-state index is 12.0. The van der Waals surface area contributed by atoms with Crippen molar-refractivity contribution in [2.75, 3.05) is 12.3 Å². The minimum Gasteiger partial charge on any atom is -0.395 e. The average molecular weight is 293 g/mol. The van der Waals surface area contributed by atoms with Crippen LogP contribution in [0.1, 0.15) is 40.2 Å². The van der Waals surface area contributed by atoms with Crippen LogP contribution in [0.4, 0.5) is 5.69 Å². The van der Waals surface area contributed by atoms with Gasteiger partial charge in [0.2, 0.25) is 0 Å². The van der Waals surface area contributed by atoms with E-state index < -0.39 is 0 Å². The topological polar surface area (TPSA) is 96.7 Å². The van der Waals surface area contributed by atoms with Crippen LogP contribution in [-0.2, 0) is 12.8 Å². The zero-order valence-electron chi connectivity index (χ0n) is 11.7. The first kappa shape index (κ1) is 14.5. The van der Waals surface area contributed by atoms with Crippen molar-refractivity contribution in [3.63, 3.8) is 0 Å². The summed E-state index contributed by atoms with van der Waals surface area (Å²) in [5.41, 5.74) is 8.47. The molecule has 0 aliphatic heterocycles. The first-order valence-corrected chi connectivity index (χ1v) is 7.51. The third-order valence-corrected chi connectivity index (χ3v) is 3.75. The Labute approximate surface area is 121 Å². The Morgan fingerprint density at radius 2 is 2.30 bits per heavy atom. The molecule has 4 N–H and O–H groups in total. The molecule has 2 rings (SSSR count). The van der Waals surface area contributed by atoms with Crippen LogP contribution in [0.25, 0.3) is 0 Å². The highest BCUT2D eigenvalue weighted by Gasteiger charge is 2.16. The average Bonchev–Trinajstić information content (AvgIpc) is 2.98. The lowest BCUT2D eigenvalue weighted by Crippen LogP contribution is -2.26. The van der Waals surface area contributed by atoms with E-state index in [1.165, 1.54) is 0 Å². The summed E-state index contributed by atoms with van der Waals surface area (Å²) < 4.78 is 0. The molecule has 2 aromatic heterocycles. The van der Waals surface area contributed by atoms with Crippen LogP contribution in [0.5, 0.6) is 0 Å². The molecule has 0 fully saturated rings. The van der Waals surface area contributed by atoms with Crippen LogP contribution in [0, 0.1) is 6.92 Å². The van der Waals surface area contributed by atoms with Crippen LogP contribution in [0.15, 0.2) is 5.38 Å². The van der Waals surface area contributed by atoms with Crippen molar-refractivity contribution in [3.8, 4) is 0 Å². The lowest BCUT2D eigenvalue weighted by Gasteiger charge is -2.02. The molecule has 7 heteroatoms. The van der Waals surface area contributed by atoms with E-state index in [2.05, 4.69) is 27.4 Å². The molecule has 0 aliphatic carbocycles. The highest BCUT2D eigenvalue weighted by molar-refractivity contribution is 7.09. The molecular weight excluding hydrogens is 274 g/mol. The first-order chi connectivity index (χ1) is 9.61. The van der Waals surface area contributed by atoms with E-state index in [1.807, 2.05) is 12.3 Å². The van der Waals surface area contributed by atoms with Gasteiger partial charge >= 0.3 is 0 Å². The van der Waals surface area contributed by atoms with Gasteiger partial charge in [-0.15, -0.1) is 11.3 Å². The molecule has 0 aliphatic rings. The molecule has 0 saturated carbocycles. The van der Waals surface area contributed by atoms with Crippen molar-refractivity contribution in [3.05, 3.63) is 27.5 Å². The second kappa shape index (κ2) is 6.51. The van der Waals surface area contributed by atoms with Crippen molar-refractivity contribution >= 4 is 22.9 Å². The number of amides is 1. The van der Waals surface area contributed by atoms with E-state index >= 15 is 0 Å². The highest BCUT2D eigenvalue weighted by atomic mass is 32.1. The molecule has 1 amide bonds. The molecular formula is C13H19N5OS. The standard InChI is InChI=1S/C13H19N5OS/c1-3-4-10-11(14)12(18-17-10)13(19)15-6-5-9-7-20-8(2)16-9/h7H,3-6,14H2,1-2H3,(H,15,19)(H,17,18). The number of nitrogens with zero attached hydrogens (tertiary/aromatic N) is 2. The number of aromatic amines is 1. The minimum absolute atomic E-state index is 0.243. The van der Waals surface area contributed by atoms with Crippen molar-refractivity contribution in [2.45, 2.75) is 33.1 Å². The molecule has 0 saturated heterocycles. The number of hydrogen-bond donors (Lipinski definition) is 3. The summed E-state index contributed by atoms with van der Waals surface area (Å²) in [5.74, 6) is -0.243. The van der Waals surface area contributed by atoms with Gasteiger partial charge in [-0.25, -0.2) is 4.98 Å². The smallest absolute Gasteiger partial charge is 0.273 e. The van der Waals surface area contributed by atoms with E-state index in [0.29, 0.717) is 18.7 Å². The van der Waals surface area contributed by atoms with Crippen molar-refractivity contribution in [1.29, 1.82) is 0 Å². The second-order valence-corrected chi connectivity index (χ2v) is 5.64. The Morgan fingerprint density at radius 3 is 2.95 bits per heavy atom. The summed E-state index contributed by atoms with van der Waals surface area (Å²) >= 11 is 1.61. The Balaban J connectivity index is 1.88. The Hall–Kier alpha value is -1.89. The van der Waals surface area contributed by atoms with Gasteiger partial charge in [-0.1, -0.05) is 13.3 Å². The zero-order valence-corrected chi connectivity index (χ0v) is 12.5. The van der Waals surface area contributed by atoms with Gasteiger partial charge in [0.25, 0.3) is 5.91 Å². The van der Waals surface area contributed by atoms with Crippen LogP contribution < -0.4 is 11.1 Å². The SMILES string of the molecule is CCCc1[nH]nc(C(=O)NCCc2csc(C)n2)c1N. The van der Waals surface area contributed by atoms with E-state index in [4.69, 9.17) is 5.73 Å². The van der Waals surface area contributed by atoms with Crippen LogP contribution in [-0.4, -0.2) is 27.6 Å². The van der Waals surface area contributed by atoms with E-state index in [0.717, 1.165) is 29.2 Å². The van der Waals surface area contributed by atoms with Gasteiger partial charge in [-0.2, -0.15) is 5.10 Å². The fraction of sp³-hybridized carbons (Fsp3) is 0.462. The lowest BCUT2D eigenvalue weighted by atomic mass is 10.2. The zero-order chi connectivity index (χ0) is 14.5. The van der Waals surface area contributed by atoms with Gasteiger partial charge < -0.3 is 11.1 Å². The molecule has 0 bridgehead atoms. The molecule has 0 spiro atoms. The Kier molecular flexibility index (Phi) is 4.73. The van der Waals surface area contributed by atoms with Crippen molar-refractivity contribution in [2.24, 2.45) is 0 Å². The number of nitrogens with one attached hydrogen (secondary N) is 2. The molecule has 6 nitrogen and oxygen atoms in total. The quantitative estimate of drug-likeness (QED) is 0.755. The number of anilines is 1. The van der Waals surface area contributed by atoms with E-state index in [-0.39, 0.29) is 11.6 Å². The number of carbonyl (C=O) groups excluding carboxylic acids is 1. The van der Waals surface area contributed by atoms with Crippen LogP contribution in [0.3, 0.4) is 0 Å². The monoisotopic (exact) mass is 293 g/mol. The maximum Gasteiger partial charge on any atom is 0.273 e. The van der Waals surface area contributed by atoms with E-state index in [9.17, 15) is 4.79 Å². The van der Waals surface area contributed by atoms with E-state index in [1.54, 1.807) is 11.3 Å². The number of hydrogen-bond acceptors (Lipinski definition) is 5. The fourth-order valence-electron chi connectivity index (χ4n) is 1.91. The summed E-state index contributed by atoms with van der Waals surface area (Å²) in [5, 5.41) is 12.7. The summed E-state index contributed by atoms with van der Waals surface area (Å²) in [6.45, 7) is 4.54. The molecule has 0 aromatic carbocycles. The number of aryl methyl sites for hydroxylation is 2. The van der Waals surface area contributed by atoms with Crippen LogP contribution in [0.2, 0.25) is 0 Å². The number of nitrogen functional groups attached to an aromatic ring is 1. The molecule has 108 valence electrons. The first-order valence-electron chi connectivity index (χ1n) is 6.63. The lowest BCUT2D eigenvalue weighted by molar-refractivity contribution is 0.0950. The van der Waals surface area contributed by atoms with Crippen molar-refractivity contribution < 1.29 is 4.79 Å². The minimum atomic E-state index is -0.243. The van der Waals surface area contributed by atoms with Gasteiger partial charge in [0.15, 0.2) is 5.69 Å². The molecule has 2 aromatic rings. The second-order valence-electron chi connectivity index (χ2n) is 4.58. The molecule has 2 heterocycles.